The molecule has 0 saturated carbocycles. The van der Waals surface area contributed by atoms with Crippen molar-refractivity contribution in [3.63, 3.8) is 0 Å². The summed E-state index contributed by atoms with van der Waals surface area (Å²) in [7, 11) is 0. The van der Waals surface area contributed by atoms with Gasteiger partial charge in [-0.3, -0.25) is 0 Å². The first kappa shape index (κ1) is 21.0. The maximum absolute atomic E-state index is 5.87. The molecule has 2 aromatic carbocycles. The van der Waals surface area contributed by atoms with E-state index in [-0.39, 0.29) is 16.4 Å². The zero-order valence-corrected chi connectivity index (χ0v) is 14.2. The minimum absolute atomic E-state index is 0. The Hall–Kier alpha value is -0.301. The van der Waals surface area contributed by atoms with Crippen molar-refractivity contribution in [2.24, 2.45) is 0 Å². The average Bonchev–Trinajstić information content (AvgIpc) is 2.30. The second-order valence-electron chi connectivity index (χ2n) is 3.54. The van der Waals surface area contributed by atoms with Gasteiger partial charge >= 0.3 is 119 Å². The second-order valence-corrected chi connectivity index (χ2v) is 6.06. The Labute approximate surface area is 135 Å². The molecule has 0 aliphatic carbocycles. The molecule has 0 aliphatic heterocycles. The number of hydrogen-bond acceptors (Lipinski definition) is 3. The minimum Gasteiger partial charge on any atom is -0.870 e. The molecule has 3 N–H and O–H groups in total. The van der Waals surface area contributed by atoms with Crippen LogP contribution in [0.5, 0.6) is 0 Å². The molecule has 2 rings (SSSR count). The van der Waals surface area contributed by atoms with Crippen molar-refractivity contribution in [3.8, 4) is 0 Å². The first-order valence-electron chi connectivity index (χ1n) is 4.89. The van der Waals surface area contributed by atoms with Crippen molar-refractivity contribution < 1.29 is 16.4 Å². The van der Waals surface area contributed by atoms with Crippen LogP contribution in [0.4, 0.5) is 0 Å². The first-order valence-corrected chi connectivity index (χ1v) is 7.29. The Kier molecular flexibility index (Phi) is 10.6. The normalized spacial score (nSPS) is 9.11. The maximum Gasteiger partial charge on any atom is -0.870 e. The summed E-state index contributed by atoms with van der Waals surface area (Å²) in [4.78, 5) is 0. The molecule has 0 bridgehead atoms. The third-order valence-electron chi connectivity index (χ3n) is 2.41. The smallest absolute Gasteiger partial charge is 0.870 e. The molecule has 0 aliphatic rings. The predicted molar refractivity (Wildman–Crippen MR) is 76.3 cm³/mol. The minimum atomic E-state index is 0. The Bertz CT molecular complexity index is 429. The Morgan fingerprint density at radius 1 is 0.632 bits per heavy atom. The quantitative estimate of drug-likeness (QED) is 0.713. The average molecular weight is 406 g/mol. The zero-order chi connectivity index (χ0) is 11.5. The van der Waals surface area contributed by atoms with Crippen LogP contribution in [0.15, 0.2) is 48.5 Å². The van der Waals surface area contributed by atoms with Crippen molar-refractivity contribution >= 4 is 45.7 Å². The van der Waals surface area contributed by atoms with Gasteiger partial charge in [-0.2, -0.15) is 0 Å². The molecule has 0 heterocycles. The van der Waals surface area contributed by atoms with E-state index >= 15 is 0 Å². The second kappa shape index (κ2) is 9.58. The van der Waals surface area contributed by atoms with Crippen molar-refractivity contribution in [1.29, 1.82) is 0 Å². The summed E-state index contributed by atoms with van der Waals surface area (Å²) in [5.74, 6) is 0. The van der Waals surface area contributed by atoms with E-state index in [1.54, 1.807) is 0 Å². The SMILES string of the molecule is Clc1ccc([CH]([Sn+3])c2ccc(Cl)cc2)cc1.[OH-].[OH-].[OH-]. The first-order chi connectivity index (χ1) is 7.66. The van der Waals surface area contributed by atoms with E-state index in [1.165, 1.54) is 33.7 Å². The Morgan fingerprint density at radius 3 is 1.16 bits per heavy atom. The van der Waals surface area contributed by atoms with E-state index in [9.17, 15) is 0 Å². The van der Waals surface area contributed by atoms with E-state index in [0.29, 0.717) is 3.93 Å². The van der Waals surface area contributed by atoms with E-state index in [2.05, 4.69) is 24.3 Å². The topological polar surface area (TPSA) is 90.0 Å². The summed E-state index contributed by atoms with van der Waals surface area (Å²) >= 11 is 13.2. The van der Waals surface area contributed by atoms with E-state index in [1.807, 2.05) is 24.3 Å². The number of hydrogen-bond donors (Lipinski definition) is 0. The molecule has 6 heteroatoms. The molecule has 0 unspecified atom stereocenters. The van der Waals surface area contributed by atoms with Gasteiger partial charge in [0.15, 0.2) is 0 Å². The number of rotatable bonds is 2. The Morgan fingerprint density at radius 2 is 0.895 bits per heavy atom. The summed E-state index contributed by atoms with van der Waals surface area (Å²) in [6.45, 7) is 0. The molecule has 3 nitrogen and oxygen atoms in total. The van der Waals surface area contributed by atoms with Gasteiger partial charge in [0.05, 0.1) is 0 Å². The third-order valence-corrected chi connectivity index (χ3v) is 4.81. The van der Waals surface area contributed by atoms with Crippen molar-refractivity contribution in [1.82, 2.24) is 0 Å². The maximum atomic E-state index is 5.87. The van der Waals surface area contributed by atoms with Crippen LogP contribution in [0.25, 0.3) is 0 Å². The third kappa shape index (κ3) is 5.69. The molecular weight excluding hydrogens is 394 g/mol. The molecule has 0 radical (unpaired) electrons. The van der Waals surface area contributed by atoms with E-state index < -0.39 is 0 Å². The molecule has 0 fully saturated rings. The monoisotopic (exact) mass is 406 g/mol. The van der Waals surface area contributed by atoms with Crippen molar-refractivity contribution in [2.75, 3.05) is 0 Å². The fourth-order valence-electron chi connectivity index (χ4n) is 1.50. The van der Waals surface area contributed by atoms with Crippen LogP contribution in [-0.2, 0) is 0 Å². The standard InChI is InChI=1S/C13H9Cl2.3H2O.Sn/c14-12-5-1-10(2-6-12)9-11-3-7-13(15)8-4-11;;;;/h1-9H;3*1H2;/q;;;;+3/p-3. The van der Waals surface area contributed by atoms with Gasteiger partial charge in [-0.15, -0.1) is 0 Å². The summed E-state index contributed by atoms with van der Waals surface area (Å²) in [6, 6.07) is 16.1. The molecule has 0 saturated heterocycles. The summed E-state index contributed by atoms with van der Waals surface area (Å²) < 4.78 is 0.446. The van der Waals surface area contributed by atoms with E-state index in [0.717, 1.165) is 10.0 Å². The molecule has 0 aromatic heterocycles. The molecule has 19 heavy (non-hydrogen) atoms. The van der Waals surface area contributed by atoms with E-state index in [4.69, 9.17) is 23.2 Å². The molecule has 0 atom stereocenters. The van der Waals surface area contributed by atoms with Gasteiger partial charge in [0.25, 0.3) is 0 Å². The van der Waals surface area contributed by atoms with Crippen LogP contribution in [0.1, 0.15) is 15.1 Å². The summed E-state index contributed by atoms with van der Waals surface area (Å²) in [5, 5.41) is 1.56. The van der Waals surface area contributed by atoms with Crippen LogP contribution in [0.3, 0.4) is 0 Å². The van der Waals surface area contributed by atoms with Gasteiger partial charge in [-0.1, -0.05) is 0 Å². The van der Waals surface area contributed by atoms with Crippen LogP contribution < -0.4 is 0 Å². The van der Waals surface area contributed by atoms with Gasteiger partial charge in [-0.05, 0) is 0 Å². The number of halogens is 2. The van der Waals surface area contributed by atoms with Crippen LogP contribution in [0.2, 0.25) is 10.0 Å². The van der Waals surface area contributed by atoms with Crippen LogP contribution >= 0.6 is 23.2 Å². The van der Waals surface area contributed by atoms with Crippen molar-refractivity contribution in [3.05, 3.63) is 69.7 Å². The van der Waals surface area contributed by atoms with Crippen LogP contribution in [0, 0.1) is 0 Å². The van der Waals surface area contributed by atoms with Gasteiger partial charge < -0.3 is 16.4 Å². The van der Waals surface area contributed by atoms with Gasteiger partial charge in [-0.25, -0.2) is 0 Å². The summed E-state index contributed by atoms with van der Waals surface area (Å²) in [5.41, 5.74) is 2.59. The fourth-order valence-corrected chi connectivity index (χ4v) is 2.85. The van der Waals surface area contributed by atoms with Gasteiger partial charge in [0.1, 0.15) is 0 Å². The Balaban J connectivity index is 0. The van der Waals surface area contributed by atoms with Gasteiger partial charge in [0, 0.05) is 0 Å². The van der Waals surface area contributed by atoms with Gasteiger partial charge in [0.2, 0.25) is 0 Å². The van der Waals surface area contributed by atoms with Crippen molar-refractivity contribution in [2.45, 2.75) is 3.93 Å². The largest absolute Gasteiger partial charge is 0.870 e. The predicted octanol–water partition coefficient (Wildman–Crippen LogP) is 3.72. The molecule has 100 valence electrons. The molecule has 0 spiro atoms. The molecular formula is C13H12Cl2O3Sn. The molecule has 0 amide bonds. The fraction of sp³-hybridized carbons (Fsp3) is 0.0769. The van der Waals surface area contributed by atoms with Crippen LogP contribution in [-0.4, -0.2) is 39.0 Å². The zero-order valence-electron chi connectivity index (χ0n) is 9.79. The molecule has 2 aromatic rings. The summed E-state index contributed by atoms with van der Waals surface area (Å²) in [6.07, 6.45) is 0. The number of benzene rings is 2.